The highest BCUT2D eigenvalue weighted by atomic mass is 16.5. The number of piperidine rings is 1. The largest absolute Gasteiger partial charge is 0.366 e. The molecular formula is C14H27N3O2. The summed E-state index contributed by atoms with van der Waals surface area (Å²) in [5.41, 5.74) is 0. The molecule has 2 aliphatic rings. The quantitative estimate of drug-likeness (QED) is 0.793. The third kappa shape index (κ3) is 3.46. The molecule has 0 aromatic carbocycles. The van der Waals surface area contributed by atoms with Crippen LogP contribution in [-0.2, 0) is 9.53 Å². The van der Waals surface area contributed by atoms with Gasteiger partial charge in [-0.1, -0.05) is 13.8 Å². The number of hydrogen-bond acceptors (Lipinski definition) is 4. The number of nitrogens with one attached hydrogen (secondary N) is 1. The summed E-state index contributed by atoms with van der Waals surface area (Å²) in [6.07, 6.45) is 0.771. The Balaban J connectivity index is 1.91. The van der Waals surface area contributed by atoms with Crippen molar-refractivity contribution < 1.29 is 9.53 Å². The SMILES string of the molecule is CCN1CCC(N(C)C(=O)C2CNCCO2)C(C)C1. The molecule has 1 amide bonds. The van der Waals surface area contributed by atoms with Gasteiger partial charge >= 0.3 is 0 Å². The van der Waals surface area contributed by atoms with Crippen molar-refractivity contribution in [3.63, 3.8) is 0 Å². The van der Waals surface area contributed by atoms with Crippen molar-refractivity contribution in [3.8, 4) is 0 Å². The van der Waals surface area contributed by atoms with Crippen molar-refractivity contribution in [2.45, 2.75) is 32.4 Å². The molecule has 19 heavy (non-hydrogen) atoms. The van der Waals surface area contributed by atoms with E-state index in [9.17, 15) is 4.79 Å². The lowest BCUT2D eigenvalue weighted by atomic mass is 9.92. The van der Waals surface area contributed by atoms with Gasteiger partial charge in [-0.05, 0) is 18.9 Å². The van der Waals surface area contributed by atoms with Gasteiger partial charge in [0.15, 0.2) is 0 Å². The fraction of sp³-hybridized carbons (Fsp3) is 0.929. The molecule has 0 radical (unpaired) electrons. The Hall–Kier alpha value is -0.650. The first-order valence-corrected chi connectivity index (χ1v) is 7.44. The minimum Gasteiger partial charge on any atom is -0.366 e. The standard InChI is InChI=1S/C14H27N3O2/c1-4-17-7-5-12(11(2)10-17)16(3)14(18)13-9-15-6-8-19-13/h11-13,15H,4-10H2,1-3H3. The Morgan fingerprint density at radius 1 is 1.53 bits per heavy atom. The first-order chi connectivity index (χ1) is 9.13. The number of ether oxygens (including phenoxy) is 1. The van der Waals surface area contributed by atoms with Crippen LogP contribution in [0.3, 0.4) is 0 Å². The number of carbonyl (C=O) groups excluding carboxylic acids is 1. The Morgan fingerprint density at radius 3 is 2.89 bits per heavy atom. The molecule has 2 rings (SSSR count). The van der Waals surface area contributed by atoms with E-state index in [0.717, 1.165) is 32.6 Å². The number of likely N-dealkylation sites (tertiary alicyclic amines) is 1. The van der Waals surface area contributed by atoms with E-state index < -0.39 is 0 Å². The maximum Gasteiger partial charge on any atom is 0.253 e. The van der Waals surface area contributed by atoms with E-state index >= 15 is 0 Å². The summed E-state index contributed by atoms with van der Waals surface area (Å²) in [5.74, 6) is 0.660. The summed E-state index contributed by atoms with van der Waals surface area (Å²) in [5, 5.41) is 3.22. The zero-order valence-electron chi connectivity index (χ0n) is 12.4. The molecule has 0 aromatic rings. The number of morpholine rings is 1. The van der Waals surface area contributed by atoms with Gasteiger partial charge in [0.25, 0.3) is 5.91 Å². The smallest absolute Gasteiger partial charge is 0.253 e. The van der Waals surface area contributed by atoms with Crippen LogP contribution in [-0.4, -0.2) is 74.2 Å². The molecule has 0 spiro atoms. The predicted octanol–water partition coefficient (Wildman–Crippen LogP) is 0.164. The summed E-state index contributed by atoms with van der Waals surface area (Å²) in [7, 11) is 1.93. The van der Waals surface area contributed by atoms with E-state index in [4.69, 9.17) is 4.74 Å². The van der Waals surface area contributed by atoms with Gasteiger partial charge in [0.05, 0.1) is 6.61 Å². The highest BCUT2D eigenvalue weighted by molar-refractivity contribution is 5.81. The third-order valence-corrected chi connectivity index (χ3v) is 4.44. The van der Waals surface area contributed by atoms with Crippen LogP contribution in [0, 0.1) is 5.92 Å². The van der Waals surface area contributed by atoms with Crippen molar-refractivity contribution in [2.75, 3.05) is 46.4 Å². The van der Waals surface area contributed by atoms with E-state index in [0.29, 0.717) is 25.1 Å². The first kappa shape index (κ1) is 14.8. The molecule has 0 aromatic heterocycles. The van der Waals surface area contributed by atoms with Gasteiger partial charge < -0.3 is 19.9 Å². The fourth-order valence-corrected chi connectivity index (χ4v) is 3.20. The molecule has 0 saturated carbocycles. The fourth-order valence-electron chi connectivity index (χ4n) is 3.20. The Kier molecular flexibility index (Phi) is 5.19. The minimum atomic E-state index is -0.296. The number of carbonyl (C=O) groups is 1. The molecule has 1 N–H and O–H groups in total. The lowest BCUT2D eigenvalue weighted by molar-refractivity contribution is -0.148. The molecule has 0 aliphatic carbocycles. The molecule has 3 atom stereocenters. The molecule has 5 nitrogen and oxygen atoms in total. The van der Waals surface area contributed by atoms with E-state index in [1.54, 1.807) is 0 Å². The topological polar surface area (TPSA) is 44.8 Å². The number of likely N-dealkylation sites (N-methyl/N-ethyl adjacent to an activating group) is 1. The van der Waals surface area contributed by atoms with E-state index in [1.807, 2.05) is 11.9 Å². The van der Waals surface area contributed by atoms with Gasteiger partial charge in [0.1, 0.15) is 6.10 Å². The monoisotopic (exact) mass is 269 g/mol. The summed E-state index contributed by atoms with van der Waals surface area (Å²) in [6, 6.07) is 0.348. The van der Waals surface area contributed by atoms with Gasteiger partial charge in [-0.2, -0.15) is 0 Å². The average molecular weight is 269 g/mol. The summed E-state index contributed by atoms with van der Waals surface area (Å²) >= 11 is 0. The van der Waals surface area contributed by atoms with E-state index in [1.165, 1.54) is 0 Å². The molecule has 2 saturated heterocycles. The highest BCUT2D eigenvalue weighted by Gasteiger charge is 2.34. The Bertz CT molecular complexity index is 305. The van der Waals surface area contributed by atoms with Gasteiger partial charge in [0.2, 0.25) is 0 Å². The summed E-state index contributed by atoms with van der Waals surface area (Å²) in [4.78, 5) is 16.8. The normalized spacial score (nSPS) is 33.1. The van der Waals surface area contributed by atoms with Crippen molar-refractivity contribution in [1.82, 2.24) is 15.1 Å². The molecule has 5 heteroatoms. The van der Waals surface area contributed by atoms with Crippen molar-refractivity contribution in [3.05, 3.63) is 0 Å². The van der Waals surface area contributed by atoms with Crippen LogP contribution in [0.1, 0.15) is 20.3 Å². The molecule has 0 bridgehead atoms. The molecule has 2 aliphatic heterocycles. The van der Waals surface area contributed by atoms with Crippen LogP contribution in [0.5, 0.6) is 0 Å². The molecule has 2 heterocycles. The number of hydrogen-bond donors (Lipinski definition) is 1. The minimum absolute atomic E-state index is 0.133. The summed E-state index contributed by atoms with van der Waals surface area (Å²) in [6.45, 7) is 9.84. The number of amides is 1. The van der Waals surface area contributed by atoms with Crippen molar-refractivity contribution in [1.29, 1.82) is 0 Å². The molecule has 3 unspecified atom stereocenters. The Morgan fingerprint density at radius 2 is 2.32 bits per heavy atom. The van der Waals surface area contributed by atoms with Gasteiger partial charge in [0, 0.05) is 39.3 Å². The van der Waals surface area contributed by atoms with Crippen LogP contribution in [0.4, 0.5) is 0 Å². The van der Waals surface area contributed by atoms with Crippen molar-refractivity contribution in [2.24, 2.45) is 5.92 Å². The van der Waals surface area contributed by atoms with Gasteiger partial charge in [-0.3, -0.25) is 4.79 Å². The lowest BCUT2D eigenvalue weighted by Crippen LogP contribution is -2.55. The Labute approximate surface area is 116 Å². The average Bonchev–Trinajstić information content (AvgIpc) is 2.46. The van der Waals surface area contributed by atoms with E-state index in [-0.39, 0.29) is 12.0 Å². The third-order valence-electron chi connectivity index (χ3n) is 4.44. The number of rotatable bonds is 3. The second-order valence-corrected chi connectivity index (χ2v) is 5.74. The summed E-state index contributed by atoms with van der Waals surface area (Å²) < 4.78 is 5.57. The second kappa shape index (κ2) is 6.68. The van der Waals surface area contributed by atoms with Crippen LogP contribution in [0.25, 0.3) is 0 Å². The highest BCUT2D eigenvalue weighted by Crippen LogP contribution is 2.22. The van der Waals surface area contributed by atoms with Crippen LogP contribution >= 0.6 is 0 Å². The maximum atomic E-state index is 12.4. The first-order valence-electron chi connectivity index (χ1n) is 7.44. The van der Waals surface area contributed by atoms with E-state index in [2.05, 4.69) is 24.1 Å². The zero-order valence-corrected chi connectivity index (χ0v) is 12.4. The van der Waals surface area contributed by atoms with Crippen LogP contribution < -0.4 is 5.32 Å². The lowest BCUT2D eigenvalue weighted by Gasteiger charge is -2.42. The van der Waals surface area contributed by atoms with Crippen LogP contribution in [0.15, 0.2) is 0 Å². The van der Waals surface area contributed by atoms with Crippen LogP contribution in [0.2, 0.25) is 0 Å². The van der Waals surface area contributed by atoms with Gasteiger partial charge in [-0.15, -0.1) is 0 Å². The molecular weight excluding hydrogens is 242 g/mol. The molecule has 2 fully saturated rings. The van der Waals surface area contributed by atoms with Crippen molar-refractivity contribution >= 4 is 5.91 Å². The predicted molar refractivity (Wildman–Crippen MR) is 75.1 cm³/mol. The molecule has 110 valence electrons. The zero-order chi connectivity index (χ0) is 13.8. The van der Waals surface area contributed by atoms with Gasteiger partial charge in [-0.25, -0.2) is 0 Å². The maximum absolute atomic E-state index is 12.4. The second-order valence-electron chi connectivity index (χ2n) is 5.74. The number of nitrogens with zero attached hydrogens (tertiary/aromatic N) is 2.